The molecule has 0 N–H and O–H groups in total. The van der Waals surface area contributed by atoms with E-state index in [1.54, 1.807) is 12.8 Å². The molecule has 62 valence electrons. The van der Waals surface area contributed by atoms with Gasteiger partial charge in [0.25, 0.3) is 0 Å². The Balaban J connectivity index is 1.89. The van der Waals surface area contributed by atoms with Crippen molar-refractivity contribution in [2.45, 2.75) is 50.6 Å². The second-order valence-electron chi connectivity index (χ2n) is 4.52. The summed E-state index contributed by atoms with van der Waals surface area (Å²) in [7, 11) is 0. The van der Waals surface area contributed by atoms with E-state index in [1.807, 2.05) is 0 Å². The molecular weight excluding hydrogens is 134 g/mol. The van der Waals surface area contributed by atoms with Crippen molar-refractivity contribution < 1.29 is 0 Å². The average Bonchev–Trinajstić information content (AvgIpc) is 2.55. The summed E-state index contributed by atoms with van der Waals surface area (Å²) < 4.78 is 0. The predicted molar refractivity (Wildman–Crippen MR) is 45.5 cm³/mol. The first kappa shape index (κ1) is 6.47. The summed E-state index contributed by atoms with van der Waals surface area (Å²) in [5.74, 6) is 1.10. The van der Waals surface area contributed by atoms with Gasteiger partial charge in [-0.05, 0) is 51.0 Å². The Kier molecular flexibility index (Phi) is 1.31. The van der Waals surface area contributed by atoms with Gasteiger partial charge in [0.2, 0.25) is 0 Å². The molecule has 11 heavy (non-hydrogen) atoms. The number of nitrogens with zero attached hydrogens (tertiary/aromatic N) is 1. The van der Waals surface area contributed by atoms with Crippen LogP contribution in [0.3, 0.4) is 0 Å². The van der Waals surface area contributed by atoms with Crippen LogP contribution in [-0.4, -0.2) is 23.5 Å². The van der Waals surface area contributed by atoms with Crippen LogP contribution in [0.25, 0.3) is 0 Å². The Morgan fingerprint density at radius 3 is 2.45 bits per heavy atom. The molecule has 4 rings (SSSR count). The molecule has 1 nitrogen and oxygen atoms in total. The maximum atomic E-state index is 2.82. The lowest BCUT2D eigenvalue weighted by Gasteiger charge is -2.48. The smallest absolute Gasteiger partial charge is 0.0127 e. The fraction of sp³-hybridized carbons (Fsp3) is 1.00. The minimum Gasteiger partial charge on any atom is -0.297 e. The minimum absolute atomic E-state index is 1.01. The normalized spacial score (nSPS) is 49.6. The van der Waals surface area contributed by atoms with Crippen LogP contribution in [0.15, 0.2) is 0 Å². The number of piperidine rings is 2. The molecule has 0 aromatic carbocycles. The zero-order chi connectivity index (χ0) is 7.26. The van der Waals surface area contributed by atoms with Gasteiger partial charge in [-0.1, -0.05) is 0 Å². The van der Waals surface area contributed by atoms with Crippen LogP contribution in [0.5, 0.6) is 0 Å². The number of hydrogen-bond donors (Lipinski definition) is 0. The van der Waals surface area contributed by atoms with Crippen LogP contribution in [0.4, 0.5) is 0 Å². The largest absolute Gasteiger partial charge is 0.297 e. The van der Waals surface area contributed by atoms with Crippen molar-refractivity contribution in [3.63, 3.8) is 0 Å². The van der Waals surface area contributed by atoms with E-state index in [2.05, 4.69) is 4.90 Å². The number of fused-ring (bicyclic) bond motifs is 2. The van der Waals surface area contributed by atoms with Crippen molar-refractivity contribution in [2.24, 2.45) is 5.92 Å². The Morgan fingerprint density at radius 2 is 1.73 bits per heavy atom. The first-order chi connectivity index (χ1) is 5.45. The van der Waals surface area contributed by atoms with Gasteiger partial charge >= 0.3 is 0 Å². The molecule has 0 amide bonds. The lowest BCUT2D eigenvalue weighted by molar-refractivity contribution is 0.0175. The molecule has 3 heterocycles. The highest BCUT2D eigenvalue weighted by molar-refractivity contribution is 4.98. The van der Waals surface area contributed by atoms with E-state index >= 15 is 0 Å². The van der Waals surface area contributed by atoms with Crippen LogP contribution >= 0.6 is 0 Å². The van der Waals surface area contributed by atoms with E-state index in [4.69, 9.17) is 0 Å². The third-order valence-corrected chi connectivity index (χ3v) is 4.10. The lowest BCUT2D eigenvalue weighted by Crippen LogP contribution is -2.51. The Hall–Kier alpha value is -0.0400. The van der Waals surface area contributed by atoms with Gasteiger partial charge in [-0.25, -0.2) is 0 Å². The van der Waals surface area contributed by atoms with Crippen molar-refractivity contribution >= 4 is 0 Å². The van der Waals surface area contributed by atoms with E-state index in [9.17, 15) is 0 Å². The van der Waals surface area contributed by atoms with E-state index in [0.29, 0.717) is 0 Å². The van der Waals surface area contributed by atoms with Crippen molar-refractivity contribution in [3.8, 4) is 0 Å². The summed E-state index contributed by atoms with van der Waals surface area (Å²) in [4.78, 5) is 2.82. The highest BCUT2D eigenvalue weighted by Gasteiger charge is 2.43. The summed E-state index contributed by atoms with van der Waals surface area (Å²) in [5, 5.41) is 0. The Morgan fingerprint density at radius 1 is 0.909 bits per heavy atom. The SMILES string of the molecule is C1CC2C3CCC(CC3)N2C1. The molecule has 1 heteroatoms. The molecule has 3 saturated heterocycles. The van der Waals surface area contributed by atoms with Gasteiger partial charge < -0.3 is 0 Å². The summed E-state index contributed by atoms with van der Waals surface area (Å²) >= 11 is 0. The fourth-order valence-electron chi connectivity index (χ4n) is 3.59. The Bertz CT molecular complexity index is 140. The molecule has 0 aromatic heterocycles. The van der Waals surface area contributed by atoms with Crippen LogP contribution < -0.4 is 0 Å². The molecule has 0 spiro atoms. The summed E-state index contributed by atoms with van der Waals surface area (Å²) in [6, 6.07) is 2.04. The molecule has 0 radical (unpaired) electrons. The molecule has 4 aliphatic rings. The molecule has 1 aliphatic carbocycles. The monoisotopic (exact) mass is 151 g/mol. The second kappa shape index (κ2) is 2.22. The van der Waals surface area contributed by atoms with Gasteiger partial charge in [-0.3, -0.25) is 4.90 Å². The molecule has 1 unspecified atom stereocenters. The number of rotatable bonds is 0. The van der Waals surface area contributed by atoms with Gasteiger partial charge in [0, 0.05) is 12.1 Å². The number of hydrogen-bond acceptors (Lipinski definition) is 1. The van der Waals surface area contributed by atoms with Crippen LogP contribution in [-0.2, 0) is 0 Å². The van der Waals surface area contributed by atoms with Crippen LogP contribution in [0, 0.1) is 5.92 Å². The van der Waals surface area contributed by atoms with Crippen molar-refractivity contribution in [1.29, 1.82) is 0 Å². The molecule has 4 fully saturated rings. The quantitative estimate of drug-likeness (QED) is 0.512. The third kappa shape index (κ3) is 0.807. The predicted octanol–water partition coefficient (Wildman–Crippen LogP) is 2.02. The minimum atomic E-state index is 1.01. The highest BCUT2D eigenvalue weighted by Crippen LogP contribution is 2.43. The van der Waals surface area contributed by atoms with Gasteiger partial charge in [-0.2, -0.15) is 0 Å². The maximum absolute atomic E-state index is 2.82. The van der Waals surface area contributed by atoms with Crippen molar-refractivity contribution in [2.75, 3.05) is 6.54 Å². The van der Waals surface area contributed by atoms with Gasteiger partial charge in [0.05, 0.1) is 0 Å². The zero-order valence-electron chi connectivity index (χ0n) is 7.13. The van der Waals surface area contributed by atoms with Crippen LogP contribution in [0.2, 0.25) is 0 Å². The molecule has 1 saturated carbocycles. The third-order valence-electron chi connectivity index (χ3n) is 4.10. The second-order valence-corrected chi connectivity index (χ2v) is 4.52. The van der Waals surface area contributed by atoms with Crippen molar-refractivity contribution in [1.82, 2.24) is 4.90 Å². The molecule has 0 aromatic rings. The summed E-state index contributed by atoms with van der Waals surface area (Å²) in [6.45, 7) is 1.42. The standard InChI is InChI=1S/C10H17N/c1-2-10-8-3-5-9(6-4-8)11(10)7-1/h8-10H,1-7H2. The maximum Gasteiger partial charge on any atom is 0.0127 e. The molecule has 1 atom stereocenters. The molecular formula is C10H17N. The first-order valence-corrected chi connectivity index (χ1v) is 5.21. The fourth-order valence-corrected chi connectivity index (χ4v) is 3.59. The average molecular weight is 151 g/mol. The molecule has 3 aliphatic heterocycles. The lowest BCUT2D eigenvalue weighted by atomic mass is 9.75. The van der Waals surface area contributed by atoms with Crippen LogP contribution in [0.1, 0.15) is 38.5 Å². The summed E-state index contributed by atoms with van der Waals surface area (Å²) in [6.07, 6.45) is 9.12. The van der Waals surface area contributed by atoms with Crippen molar-refractivity contribution in [3.05, 3.63) is 0 Å². The first-order valence-electron chi connectivity index (χ1n) is 5.21. The van der Waals surface area contributed by atoms with E-state index in [0.717, 1.165) is 18.0 Å². The van der Waals surface area contributed by atoms with E-state index < -0.39 is 0 Å². The van der Waals surface area contributed by atoms with E-state index in [-0.39, 0.29) is 0 Å². The topological polar surface area (TPSA) is 3.24 Å². The summed E-state index contributed by atoms with van der Waals surface area (Å²) in [5.41, 5.74) is 0. The van der Waals surface area contributed by atoms with E-state index in [1.165, 1.54) is 32.2 Å². The Labute approximate surface area is 68.8 Å². The van der Waals surface area contributed by atoms with Gasteiger partial charge in [0.15, 0.2) is 0 Å². The zero-order valence-corrected chi connectivity index (χ0v) is 7.13. The van der Waals surface area contributed by atoms with Gasteiger partial charge in [-0.15, -0.1) is 0 Å². The molecule has 2 bridgehead atoms. The van der Waals surface area contributed by atoms with Gasteiger partial charge in [0.1, 0.15) is 0 Å². The highest BCUT2D eigenvalue weighted by atomic mass is 15.2.